The van der Waals surface area contributed by atoms with Gasteiger partial charge in [-0.15, -0.1) is 0 Å². The Balaban J connectivity index is 1.70. The standard InChI is InChI=1S/C23H22N4O6/c1-28-15-4-3-14(9-16(15)29-2)18-20(11-24,12-25)22(13-26)17-10-21(30-7-8-31-21)5-6-23(17,32-18)33-19(22)27/h3-4,9,17-18,27H,5-8,10H2,1-2H3. The van der Waals surface area contributed by atoms with Gasteiger partial charge in [-0.1, -0.05) is 6.07 Å². The zero-order chi connectivity index (χ0) is 23.5. The molecule has 1 spiro atoms. The van der Waals surface area contributed by atoms with Crippen molar-refractivity contribution in [2.45, 2.75) is 36.9 Å². The average Bonchev–Trinajstić information content (AvgIpc) is 3.37. The minimum Gasteiger partial charge on any atom is -0.493 e. The second-order valence-electron chi connectivity index (χ2n) is 8.67. The topological polar surface area (TPSA) is 151 Å². The van der Waals surface area contributed by atoms with E-state index in [-0.39, 0.29) is 12.8 Å². The Hall–Kier alpha value is -3.36. The third-order valence-electron chi connectivity index (χ3n) is 7.44. The summed E-state index contributed by atoms with van der Waals surface area (Å²) in [5, 5.41) is 40.0. The van der Waals surface area contributed by atoms with Crippen LogP contribution in [-0.2, 0) is 18.9 Å². The van der Waals surface area contributed by atoms with Crippen LogP contribution >= 0.6 is 0 Å². The molecule has 4 atom stereocenters. The molecule has 4 fully saturated rings. The number of nitrogens with zero attached hydrogens (tertiary/aromatic N) is 3. The number of nitrogens with one attached hydrogen (secondary N) is 1. The lowest BCUT2D eigenvalue weighted by Crippen LogP contribution is -2.63. The first kappa shape index (κ1) is 21.5. The van der Waals surface area contributed by atoms with Crippen molar-refractivity contribution in [3.8, 4) is 29.7 Å². The van der Waals surface area contributed by atoms with Crippen LogP contribution in [0.4, 0.5) is 0 Å². The monoisotopic (exact) mass is 450 g/mol. The highest BCUT2D eigenvalue weighted by Gasteiger charge is 2.82. The molecule has 1 saturated carbocycles. The molecule has 0 aromatic heterocycles. The van der Waals surface area contributed by atoms with E-state index in [0.717, 1.165) is 0 Å². The van der Waals surface area contributed by atoms with Crippen LogP contribution < -0.4 is 9.47 Å². The maximum absolute atomic E-state index is 10.5. The Morgan fingerprint density at radius 2 is 1.70 bits per heavy atom. The molecule has 3 aliphatic heterocycles. The molecule has 170 valence electrons. The molecule has 3 heterocycles. The third kappa shape index (κ3) is 2.47. The molecule has 10 heteroatoms. The molecule has 5 rings (SSSR count). The number of ether oxygens (including phenoxy) is 6. The van der Waals surface area contributed by atoms with Crippen LogP contribution in [-0.4, -0.2) is 44.9 Å². The van der Waals surface area contributed by atoms with Crippen molar-refractivity contribution in [2.24, 2.45) is 16.7 Å². The fourth-order valence-electron chi connectivity index (χ4n) is 5.87. The van der Waals surface area contributed by atoms with Crippen molar-refractivity contribution in [2.75, 3.05) is 27.4 Å². The van der Waals surface area contributed by atoms with Crippen LogP contribution in [0, 0.1) is 56.2 Å². The van der Waals surface area contributed by atoms with Gasteiger partial charge >= 0.3 is 0 Å². The smallest absolute Gasteiger partial charge is 0.218 e. The van der Waals surface area contributed by atoms with Crippen molar-refractivity contribution in [1.82, 2.24) is 0 Å². The van der Waals surface area contributed by atoms with E-state index in [1.807, 2.05) is 0 Å². The second-order valence-corrected chi connectivity index (χ2v) is 8.67. The van der Waals surface area contributed by atoms with Crippen LogP contribution in [0.15, 0.2) is 18.2 Å². The molecule has 4 unspecified atom stereocenters. The van der Waals surface area contributed by atoms with E-state index in [0.29, 0.717) is 36.7 Å². The van der Waals surface area contributed by atoms with E-state index in [2.05, 4.69) is 18.2 Å². The predicted molar refractivity (Wildman–Crippen MR) is 109 cm³/mol. The summed E-state index contributed by atoms with van der Waals surface area (Å²) in [5.74, 6) is -2.69. The minimum absolute atomic E-state index is 0.173. The quantitative estimate of drug-likeness (QED) is 0.732. The van der Waals surface area contributed by atoms with Gasteiger partial charge < -0.3 is 28.4 Å². The van der Waals surface area contributed by atoms with E-state index >= 15 is 0 Å². The normalized spacial score (nSPS) is 34.9. The van der Waals surface area contributed by atoms with Gasteiger partial charge in [0.1, 0.15) is 6.10 Å². The highest BCUT2D eigenvalue weighted by atomic mass is 16.7. The van der Waals surface area contributed by atoms with E-state index in [1.165, 1.54) is 14.2 Å². The first-order valence-corrected chi connectivity index (χ1v) is 10.6. The number of hydrogen-bond acceptors (Lipinski definition) is 10. The number of benzene rings is 1. The molecule has 1 N–H and O–H groups in total. The highest BCUT2D eigenvalue weighted by Crippen LogP contribution is 2.70. The summed E-state index contributed by atoms with van der Waals surface area (Å²) in [6.07, 6.45) is -0.291. The van der Waals surface area contributed by atoms with Crippen LogP contribution in [0.3, 0.4) is 0 Å². The van der Waals surface area contributed by atoms with Gasteiger partial charge in [-0.25, -0.2) is 0 Å². The summed E-state index contributed by atoms with van der Waals surface area (Å²) < 4.78 is 34.8. The van der Waals surface area contributed by atoms with Gasteiger partial charge in [0.05, 0.1) is 51.6 Å². The maximum atomic E-state index is 10.5. The molecule has 1 aliphatic carbocycles. The van der Waals surface area contributed by atoms with Crippen LogP contribution in [0.2, 0.25) is 0 Å². The molecule has 1 aromatic rings. The minimum atomic E-state index is -2.07. The van der Waals surface area contributed by atoms with Gasteiger partial charge in [0.25, 0.3) is 0 Å². The van der Waals surface area contributed by atoms with Gasteiger partial charge in [-0.3, -0.25) is 5.41 Å². The third-order valence-corrected chi connectivity index (χ3v) is 7.44. The van der Waals surface area contributed by atoms with E-state index in [9.17, 15) is 15.8 Å². The average molecular weight is 450 g/mol. The largest absolute Gasteiger partial charge is 0.493 e. The fraction of sp³-hybridized carbons (Fsp3) is 0.565. The molecule has 3 saturated heterocycles. The van der Waals surface area contributed by atoms with Crippen molar-refractivity contribution in [3.05, 3.63) is 23.8 Å². The molecule has 33 heavy (non-hydrogen) atoms. The zero-order valence-electron chi connectivity index (χ0n) is 18.2. The number of rotatable bonds is 3. The second kappa shape index (κ2) is 7.07. The molecule has 4 aliphatic rings. The van der Waals surface area contributed by atoms with Gasteiger partial charge in [-0.05, 0) is 17.7 Å². The fourth-order valence-corrected chi connectivity index (χ4v) is 5.87. The summed E-state index contributed by atoms with van der Waals surface area (Å²) in [7, 11) is 2.97. The summed E-state index contributed by atoms with van der Waals surface area (Å²) in [4.78, 5) is 0. The predicted octanol–water partition coefficient (Wildman–Crippen LogP) is 2.57. The van der Waals surface area contributed by atoms with Crippen molar-refractivity contribution >= 4 is 5.90 Å². The van der Waals surface area contributed by atoms with Gasteiger partial charge in [-0.2, -0.15) is 15.8 Å². The summed E-state index contributed by atoms with van der Waals surface area (Å²) in [6.45, 7) is 0.822. The van der Waals surface area contributed by atoms with Gasteiger partial charge in [0.2, 0.25) is 17.1 Å². The molecule has 0 amide bonds. The van der Waals surface area contributed by atoms with Crippen LogP contribution in [0.1, 0.15) is 30.9 Å². The Morgan fingerprint density at radius 1 is 1.00 bits per heavy atom. The molecule has 2 bridgehead atoms. The van der Waals surface area contributed by atoms with E-state index in [1.54, 1.807) is 18.2 Å². The van der Waals surface area contributed by atoms with Gasteiger partial charge in [0.15, 0.2) is 22.7 Å². The maximum Gasteiger partial charge on any atom is 0.218 e. The zero-order valence-corrected chi connectivity index (χ0v) is 18.2. The van der Waals surface area contributed by atoms with Crippen molar-refractivity contribution < 1.29 is 28.4 Å². The summed E-state index contributed by atoms with van der Waals surface area (Å²) in [6, 6.07) is 11.2. The lowest BCUT2D eigenvalue weighted by atomic mass is 9.51. The number of hydrogen-bond donors (Lipinski definition) is 1. The molecule has 10 nitrogen and oxygen atoms in total. The lowest BCUT2D eigenvalue weighted by molar-refractivity contribution is -0.330. The Labute approximate surface area is 190 Å². The van der Waals surface area contributed by atoms with Crippen LogP contribution in [0.25, 0.3) is 0 Å². The number of methoxy groups -OCH3 is 2. The SMILES string of the molecule is COc1ccc(C2OC34CCC5(CC3C(C#N)(C(=N)O4)C2(C#N)C#N)OCCO5)cc1OC. The Morgan fingerprint density at radius 3 is 2.30 bits per heavy atom. The van der Waals surface area contributed by atoms with Crippen molar-refractivity contribution in [3.63, 3.8) is 0 Å². The Kier molecular flexibility index (Phi) is 4.60. The summed E-state index contributed by atoms with van der Waals surface area (Å²) in [5.41, 5.74) is -3.50. The van der Waals surface area contributed by atoms with E-state index < -0.39 is 40.3 Å². The Bertz CT molecular complexity index is 1130. The highest BCUT2D eigenvalue weighted by molar-refractivity contribution is 5.89. The van der Waals surface area contributed by atoms with Crippen molar-refractivity contribution in [1.29, 1.82) is 21.2 Å². The molecular weight excluding hydrogens is 428 g/mol. The first-order valence-electron chi connectivity index (χ1n) is 10.6. The van der Waals surface area contributed by atoms with Crippen LogP contribution in [0.5, 0.6) is 11.5 Å². The van der Waals surface area contributed by atoms with E-state index in [4.69, 9.17) is 33.8 Å². The molecule has 1 aromatic carbocycles. The first-order chi connectivity index (χ1) is 15.9. The number of nitriles is 3. The molecule has 0 radical (unpaired) electrons. The van der Waals surface area contributed by atoms with Gasteiger partial charge in [0, 0.05) is 19.3 Å². The molecular formula is C23H22N4O6. The summed E-state index contributed by atoms with van der Waals surface area (Å²) >= 11 is 0. The lowest BCUT2D eigenvalue weighted by Gasteiger charge is -2.54.